The third-order valence-corrected chi connectivity index (χ3v) is 4.17. The lowest BCUT2D eigenvalue weighted by Gasteiger charge is -2.19. The highest BCUT2D eigenvalue weighted by atomic mass is 19.1. The fourth-order valence-corrected chi connectivity index (χ4v) is 2.85. The zero-order chi connectivity index (χ0) is 14.5. The monoisotopic (exact) mass is 283 g/mol. The zero-order valence-electron chi connectivity index (χ0n) is 11.9. The van der Waals surface area contributed by atoms with Gasteiger partial charge >= 0.3 is 0 Å². The topological polar surface area (TPSA) is 32.3 Å². The minimum Gasteiger partial charge on any atom is -0.387 e. The Morgan fingerprint density at radius 2 is 2.05 bits per heavy atom. The Kier molecular flexibility index (Phi) is 5.49. The van der Waals surface area contributed by atoms with Gasteiger partial charge in [0.05, 0.1) is 6.10 Å². The molecule has 1 saturated carbocycles. The molecule has 3 unspecified atom stereocenters. The van der Waals surface area contributed by atoms with Crippen LogP contribution in [0.1, 0.15) is 50.7 Å². The van der Waals surface area contributed by atoms with Gasteiger partial charge in [-0.05, 0) is 43.4 Å². The van der Waals surface area contributed by atoms with E-state index in [2.05, 4.69) is 12.2 Å². The van der Waals surface area contributed by atoms with Gasteiger partial charge < -0.3 is 10.4 Å². The smallest absolute Gasteiger partial charge is 0.129 e. The largest absolute Gasteiger partial charge is 0.387 e. The van der Waals surface area contributed by atoms with Crippen molar-refractivity contribution in [3.05, 3.63) is 35.4 Å². The summed E-state index contributed by atoms with van der Waals surface area (Å²) < 4.78 is 26.6. The number of hydrogen-bond acceptors (Lipinski definition) is 2. The molecule has 20 heavy (non-hydrogen) atoms. The molecule has 1 aliphatic rings. The van der Waals surface area contributed by atoms with Gasteiger partial charge in [-0.15, -0.1) is 0 Å². The fourth-order valence-electron chi connectivity index (χ4n) is 2.85. The van der Waals surface area contributed by atoms with Crippen LogP contribution in [0.3, 0.4) is 0 Å². The Morgan fingerprint density at radius 1 is 1.25 bits per heavy atom. The predicted molar refractivity (Wildman–Crippen MR) is 75.4 cm³/mol. The lowest BCUT2D eigenvalue weighted by atomic mass is 10.0. The van der Waals surface area contributed by atoms with Gasteiger partial charge in [-0.3, -0.25) is 0 Å². The second kappa shape index (κ2) is 7.14. The van der Waals surface area contributed by atoms with Gasteiger partial charge in [0.2, 0.25) is 0 Å². The Balaban J connectivity index is 1.88. The van der Waals surface area contributed by atoms with E-state index in [1.165, 1.54) is 19.3 Å². The summed E-state index contributed by atoms with van der Waals surface area (Å²) in [6, 6.07) is 3.55. The fraction of sp³-hybridized carbons (Fsp3) is 0.625. The molecule has 2 N–H and O–H groups in total. The number of hydrogen-bond donors (Lipinski definition) is 2. The first kappa shape index (κ1) is 15.4. The first-order valence-corrected chi connectivity index (χ1v) is 7.42. The summed E-state index contributed by atoms with van der Waals surface area (Å²) in [5.41, 5.74) is 0.0273. The van der Waals surface area contributed by atoms with Crippen molar-refractivity contribution in [3.63, 3.8) is 0 Å². The van der Waals surface area contributed by atoms with Crippen LogP contribution >= 0.6 is 0 Å². The van der Waals surface area contributed by atoms with Gasteiger partial charge in [-0.2, -0.15) is 0 Å². The molecule has 1 aromatic rings. The summed E-state index contributed by atoms with van der Waals surface area (Å²) in [5.74, 6) is -0.327. The number of nitrogens with one attached hydrogen (secondary N) is 1. The molecule has 0 radical (unpaired) electrons. The van der Waals surface area contributed by atoms with E-state index in [0.717, 1.165) is 37.0 Å². The van der Waals surface area contributed by atoms with Crippen LogP contribution in [0.15, 0.2) is 18.2 Å². The summed E-state index contributed by atoms with van der Waals surface area (Å²) in [7, 11) is 0. The molecule has 0 bridgehead atoms. The Morgan fingerprint density at radius 3 is 2.85 bits per heavy atom. The average molecular weight is 283 g/mol. The quantitative estimate of drug-likeness (QED) is 0.828. The zero-order valence-corrected chi connectivity index (χ0v) is 11.9. The van der Waals surface area contributed by atoms with Crippen LogP contribution in [-0.4, -0.2) is 17.7 Å². The molecule has 1 fully saturated rings. The molecule has 2 rings (SSSR count). The number of halogens is 2. The first-order chi connectivity index (χ1) is 9.56. The van der Waals surface area contributed by atoms with E-state index in [9.17, 15) is 13.9 Å². The number of aliphatic hydroxyl groups excluding tert-OH is 1. The molecule has 1 aliphatic carbocycles. The van der Waals surface area contributed by atoms with Gasteiger partial charge in [0.1, 0.15) is 11.6 Å². The molecule has 0 amide bonds. The average Bonchev–Trinajstić information content (AvgIpc) is 2.63. The molecule has 1 aromatic carbocycles. The summed E-state index contributed by atoms with van der Waals surface area (Å²) in [4.78, 5) is 0. The molecule has 0 aromatic heterocycles. The molecule has 112 valence electrons. The van der Waals surface area contributed by atoms with Crippen LogP contribution < -0.4 is 5.32 Å². The minimum atomic E-state index is -1.01. The van der Waals surface area contributed by atoms with E-state index in [4.69, 9.17) is 0 Å². The number of aliphatic hydroxyl groups is 1. The first-order valence-electron chi connectivity index (χ1n) is 7.42. The van der Waals surface area contributed by atoms with Crippen molar-refractivity contribution >= 4 is 0 Å². The summed E-state index contributed by atoms with van der Waals surface area (Å²) in [6.45, 7) is 2.53. The Labute approximate surface area is 119 Å². The Bertz CT molecular complexity index is 438. The maximum Gasteiger partial charge on any atom is 0.129 e. The molecule has 4 heteroatoms. The van der Waals surface area contributed by atoms with Crippen molar-refractivity contribution in [3.8, 4) is 0 Å². The van der Waals surface area contributed by atoms with Gasteiger partial charge in [0, 0.05) is 18.2 Å². The normalized spacial score (nSPS) is 25.2. The molecule has 0 aliphatic heterocycles. The molecule has 0 heterocycles. The van der Waals surface area contributed by atoms with Crippen molar-refractivity contribution in [2.45, 2.75) is 51.2 Å². The van der Waals surface area contributed by atoms with Crippen molar-refractivity contribution in [2.75, 3.05) is 6.54 Å². The predicted octanol–water partition coefficient (Wildman–Crippen LogP) is 3.56. The highest BCUT2D eigenvalue weighted by Gasteiger charge is 2.19. The van der Waals surface area contributed by atoms with Crippen molar-refractivity contribution in [2.24, 2.45) is 5.92 Å². The van der Waals surface area contributed by atoms with Crippen molar-refractivity contribution in [1.29, 1.82) is 0 Å². The molecule has 3 atom stereocenters. The van der Waals surface area contributed by atoms with Crippen LogP contribution in [0.5, 0.6) is 0 Å². The van der Waals surface area contributed by atoms with E-state index in [1.807, 2.05) is 0 Å². The highest BCUT2D eigenvalue weighted by molar-refractivity contribution is 5.21. The molecule has 0 spiro atoms. The van der Waals surface area contributed by atoms with E-state index in [-0.39, 0.29) is 12.1 Å². The van der Waals surface area contributed by atoms with Crippen LogP contribution in [0, 0.1) is 17.6 Å². The maximum atomic E-state index is 13.5. The summed E-state index contributed by atoms with van der Waals surface area (Å²) >= 11 is 0. The van der Waals surface area contributed by atoms with Crippen LogP contribution in [0.25, 0.3) is 0 Å². The lowest BCUT2D eigenvalue weighted by molar-refractivity contribution is 0.163. The van der Waals surface area contributed by atoms with Gasteiger partial charge in [-0.1, -0.05) is 19.8 Å². The molecular formula is C16H23F2NO. The van der Waals surface area contributed by atoms with Crippen molar-refractivity contribution < 1.29 is 13.9 Å². The van der Waals surface area contributed by atoms with E-state index < -0.39 is 17.7 Å². The van der Waals surface area contributed by atoms with Crippen LogP contribution in [0.2, 0.25) is 0 Å². The SMILES string of the molecule is CC1CCCC(NCC(O)c2cc(F)ccc2F)CC1. The number of rotatable bonds is 4. The minimum absolute atomic E-state index is 0.0273. The number of benzene rings is 1. The third-order valence-electron chi connectivity index (χ3n) is 4.17. The summed E-state index contributed by atoms with van der Waals surface area (Å²) in [5, 5.41) is 13.3. The Hall–Kier alpha value is -1.00. The maximum absolute atomic E-state index is 13.5. The van der Waals surface area contributed by atoms with E-state index in [1.54, 1.807) is 0 Å². The van der Waals surface area contributed by atoms with Crippen molar-refractivity contribution in [1.82, 2.24) is 5.32 Å². The van der Waals surface area contributed by atoms with Gasteiger partial charge in [0.25, 0.3) is 0 Å². The molecular weight excluding hydrogens is 260 g/mol. The summed E-state index contributed by atoms with van der Waals surface area (Å²) in [6.07, 6.45) is 4.78. The van der Waals surface area contributed by atoms with Gasteiger partial charge in [0.15, 0.2) is 0 Å². The second-order valence-electron chi connectivity index (χ2n) is 5.90. The second-order valence-corrected chi connectivity index (χ2v) is 5.90. The van der Waals surface area contributed by atoms with E-state index >= 15 is 0 Å². The van der Waals surface area contributed by atoms with Crippen LogP contribution in [0.4, 0.5) is 8.78 Å². The molecule has 2 nitrogen and oxygen atoms in total. The standard InChI is InChI=1S/C16H23F2NO/c1-11-3-2-4-13(7-5-11)19-10-16(20)14-9-12(17)6-8-15(14)18/h6,8-9,11,13,16,19-20H,2-5,7,10H2,1H3. The molecule has 0 saturated heterocycles. The van der Waals surface area contributed by atoms with Gasteiger partial charge in [-0.25, -0.2) is 8.78 Å². The van der Waals surface area contributed by atoms with Crippen LogP contribution in [-0.2, 0) is 0 Å². The lowest BCUT2D eigenvalue weighted by Crippen LogP contribution is -2.32. The highest BCUT2D eigenvalue weighted by Crippen LogP contribution is 2.23. The third kappa shape index (κ3) is 4.25. The van der Waals surface area contributed by atoms with E-state index in [0.29, 0.717) is 6.04 Å².